The second kappa shape index (κ2) is 5.24. The predicted molar refractivity (Wildman–Crippen MR) is 65.7 cm³/mol. The van der Waals surface area contributed by atoms with Crippen LogP contribution in [0.5, 0.6) is 0 Å². The van der Waals surface area contributed by atoms with E-state index in [1.165, 1.54) is 0 Å². The smallest absolute Gasteiger partial charge is 0.251 e. The number of nitrogens with zero attached hydrogens (tertiary/aromatic N) is 1. The van der Waals surface area contributed by atoms with Crippen LogP contribution in [-0.4, -0.2) is 55.1 Å². The van der Waals surface area contributed by atoms with Gasteiger partial charge in [0.25, 0.3) is 5.91 Å². The molecule has 0 radical (unpaired) electrons. The molecule has 0 spiro atoms. The molecule has 18 heavy (non-hydrogen) atoms. The van der Waals surface area contributed by atoms with E-state index in [4.69, 9.17) is 10.5 Å². The van der Waals surface area contributed by atoms with Gasteiger partial charge in [-0.15, -0.1) is 0 Å². The number of nitrogens with one attached hydrogen (secondary N) is 1. The first-order valence-electron chi connectivity index (χ1n) is 6.46. The van der Waals surface area contributed by atoms with Gasteiger partial charge >= 0.3 is 0 Å². The first-order valence-corrected chi connectivity index (χ1v) is 6.46. The monoisotopic (exact) mass is 255 g/mol. The van der Waals surface area contributed by atoms with Crippen molar-refractivity contribution in [1.82, 2.24) is 10.2 Å². The molecular weight excluding hydrogens is 234 g/mol. The Bertz CT molecular complexity index is 341. The van der Waals surface area contributed by atoms with E-state index in [-0.39, 0.29) is 18.4 Å². The van der Waals surface area contributed by atoms with Crippen LogP contribution in [0.2, 0.25) is 0 Å². The molecule has 0 aromatic heterocycles. The molecule has 6 heteroatoms. The molecule has 6 nitrogen and oxygen atoms in total. The SMILES string of the molecule is C[C@@]1(C(N)=O)CN(C(=O)C2CCNCC2)CCO1. The molecule has 102 valence electrons. The maximum absolute atomic E-state index is 12.4. The molecule has 0 aromatic rings. The first kappa shape index (κ1) is 13.3. The standard InChI is InChI=1S/C12H21N3O3/c1-12(11(13)17)8-15(6-7-18-12)10(16)9-2-4-14-5-3-9/h9,14H,2-8H2,1H3,(H2,13,17)/t12-/m0/s1. The van der Waals surface area contributed by atoms with Crippen molar-refractivity contribution in [2.75, 3.05) is 32.8 Å². The molecule has 0 bridgehead atoms. The summed E-state index contributed by atoms with van der Waals surface area (Å²) in [5, 5.41) is 3.24. The van der Waals surface area contributed by atoms with E-state index in [0.29, 0.717) is 13.2 Å². The fourth-order valence-corrected chi connectivity index (χ4v) is 2.53. The molecule has 2 aliphatic rings. The number of primary amides is 1. The van der Waals surface area contributed by atoms with Crippen LogP contribution >= 0.6 is 0 Å². The van der Waals surface area contributed by atoms with Gasteiger partial charge in [0.05, 0.1) is 13.2 Å². The lowest BCUT2D eigenvalue weighted by molar-refractivity contribution is -0.162. The fraction of sp³-hybridized carbons (Fsp3) is 0.833. The van der Waals surface area contributed by atoms with E-state index < -0.39 is 11.5 Å². The number of ether oxygens (including phenoxy) is 1. The van der Waals surface area contributed by atoms with Gasteiger partial charge in [0.15, 0.2) is 5.60 Å². The first-order chi connectivity index (χ1) is 8.53. The normalized spacial score (nSPS) is 30.2. The summed E-state index contributed by atoms with van der Waals surface area (Å²) in [5.74, 6) is -0.306. The number of rotatable bonds is 2. The quantitative estimate of drug-likeness (QED) is 0.669. The summed E-state index contributed by atoms with van der Waals surface area (Å²) < 4.78 is 5.41. The molecule has 0 saturated carbocycles. The molecule has 0 aromatic carbocycles. The van der Waals surface area contributed by atoms with Gasteiger partial charge in [-0.2, -0.15) is 0 Å². The van der Waals surface area contributed by atoms with Gasteiger partial charge in [0, 0.05) is 12.5 Å². The molecule has 2 fully saturated rings. The predicted octanol–water partition coefficient (Wildman–Crippen LogP) is -0.911. The van der Waals surface area contributed by atoms with Crippen LogP contribution in [0.4, 0.5) is 0 Å². The summed E-state index contributed by atoms with van der Waals surface area (Å²) >= 11 is 0. The lowest BCUT2D eigenvalue weighted by atomic mass is 9.95. The minimum absolute atomic E-state index is 0.0708. The van der Waals surface area contributed by atoms with Gasteiger partial charge in [-0.25, -0.2) is 0 Å². The second-order valence-electron chi connectivity index (χ2n) is 5.23. The summed E-state index contributed by atoms with van der Waals surface area (Å²) in [6, 6.07) is 0. The molecule has 3 N–H and O–H groups in total. The van der Waals surface area contributed by atoms with Crippen molar-refractivity contribution in [2.45, 2.75) is 25.4 Å². The van der Waals surface area contributed by atoms with Crippen LogP contribution in [0.25, 0.3) is 0 Å². The third-order valence-electron chi connectivity index (χ3n) is 3.80. The van der Waals surface area contributed by atoms with Crippen LogP contribution in [0.1, 0.15) is 19.8 Å². The zero-order valence-electron chi connectivity index (χ0n) is 10.8. The number of morpholine rings is 1. The largest absolute Gasteiger partial charge is 0.367 e. The molecule has 2 amide bonds. The van der Waals surface area contributed by atoms with E-state index in [9.17, 15) is 9.59 Å². The van der Waals surface area contributed by atoms with Crippen molar-refractivity contribution in [3.8, 4) is 0 Å². The van der Waals surface area contributed by atoms with E-state index >= 15 is 0 Å². The third-order valence-corrected chi connectivity index (χ3v) is 3.80. The highest BCUT2D eigenvalue weighted by molar-refractivity contribution is 5.85. The number of nitrogens with two attached hydrogens (primary N) is 1. The van der Waals surface area contributed by atoms with E-state index in [0.717, 1.165) is 25.9 Å². The van der Waals surface area contributed by atoms with Crippen LogP contribution < -0.4 is 11.1 Å². The van der Waals surface area contributed by atoms with Gasteiger partial charge in [0.2, 0.25) is 5.91 Å². The molecule has 0 aliphatic carbocycles. The molecule has 0 unspecified atom stereocenters. The van der Waals surface area contributed by atoms with E-state index in [1.807, 2.05) is 0 Å². The summed E-state index contributed by atoms with van der Waals surface area (Å²) in [6.07, 6.45) is 1.73. The average Bonchev–Trinajstić information content (AvgIpc) is 2.39. The van der Waals surface area contributed by atoms with Crippen molar-refractivity contribution >= 4 is 11.8 Å². The second-order valence-corrected chi connectivity index (χ2v) is 5.23. The fourth-order valence-electron chi connectivity index (χ4n) is 2.53. The van der Waals surface area contributed by atoms with Crippen molar-refractivity contribution < 1.29 is 14.3 Å². The van der Waals surface area contributed by atoms with E-state index in [2.05, 4.69) is 5.32 Å². The minimum Gasteiger partial charge on any atom is -0.367 e. The van der Waals surface area contributed by atoms with Crippen LogP contribution in [0.15, 0.2) is 0 Å². The average molecular weight is 255 g/mol. The topological polar surface area (TPSA) is 84.7 Å². The molecule has 2 saturated heterocycles. The highest BCUT2D eigenvalue weighted by atomic mass is 16.5. The Labute approximate surface area is 107 Å². The number of hydrogen-bond donors (Lipinski definition) is 2. The third kappa shape index (κ3) is 2.64. The summed E-state index contributed by atoms with van der Waals surface area (Å²) in [7, 11) is 0. The Morgan fingerprint density at radius 1 is 1.39 bits per heavy atom. The number of piperidine rings is 1. The Morgan fingerprint density at radius 3 is 2.67 bits per heavy atom. The highest BCUT2D eigenvalue weighted by Gasteiger charge is 2.40. The molecule has 2 aliphatic heterocycles. The summed E-state index contributed by atoms with van der Waals surface area (Å²) in [6.45, 7) is 4.60. The number of hydrogen-bond acceptors (Lipinski definition) is 4. The van der Waals surface area contributed by atoms with E-state index in [1.54, 1.807) is 11.8 Å². The molecule has 1 atom stereocenters. The zero-order chi connectivity index (χ0) is 13.2. The van der Waals surface area contributed by atoms with Gasteiger partial charge in [-0.1, -0.05) is 0 Å². The highest BCUT2D eigenvalue weighted by Crippen LogP contribution is 2.21. The lowest BCUT2D eigenvalue weighted by Crippen LogP contribution is -2.59. The molecular formula is C12H21N3O3. The van der Waals surface area contributed by atoms with Crippen molar-refractivity contribution in [3.05, 3.63) is 0 Å². The van der Waals surface area contributed by atoms with Gasteiger partial charge in [-0.05, 0) is 32.9 Å². The maximum atomic E-state index is 12.4. The van der Waals surface area contributed by atoms with Gasteiger partial charge < -0.3 is 20.7 Å². The van der Waals surface area contributed by atoms with Crippen molar-refractivity contribution in [1.29, 1.82) is 0 Å². The molecule has 2 heterocycles. The summed E-state index contributed by atoms with van der Waals surface area (Å²) in [4.78, 5) is 25.5. The Hall–Kier alpha value is -1.14. The maximum Gasteiger partial charge on any atom is 0.251 e. The zero-order valence-corrected chi connectivity index (χ0v) is 10.8. The van der Waals surface area contributed by atoms with Gasteiger partial charge in [-0.3, -0.25) is 9.59 Å². The van der Waals surface area contributed by atoms with Crippen LogP contribution in [0, 0.1) is 5.92 Å². The van der Waals surface area contributed by atoms with Gasteiger partial charge in [0.1, 0.15) is 0 Å². The molecule has 2 rings (SSSR count). The Morgan fingerprint density at radius 2 is 2.06 bits per heavy atom. The number of carbonyl (C=O) groups excluding carboxylic acids is 2. The number of amides is 2. The van der Waals surface area contributed by atoms with Crippen LogP contribution in [0.3, 0.4) is 0 Å². The van der Waals surface area contributed by atoms with Crippen molar-refractivity contribution in [2.24, 2.45) is 11.7 Å². The number of carbonyl (C=O) groups is 2. The lowest BCUT2D eigenvalue weighted by Gasteiger charge is -2.40. The van der Waals surface area contributed by atoms with Crippen molar-refractivity contribution in [3.63, 3.8) is 0 Å². The Balaban J connectivity index is 1.99. The minimum atomic E-state index is -1.04. The van der Waals surface area contributed by atoms with Crippen LogP contribution in [-0.2, 0) is 14.3 Å². The summed E-state index contributed by atoms with van der Waals surface area (Å²) in [5.41, 5.74) is 4.29. The Kier molecular flexibility index (Phi) is 3.87.